The molecule has 7 heteroatoms. The zero-order chi connectivity index (χ0) is 16.0. The Morgan fingerprint density at radius 1 is 1.35 bits per heavy atom. The van der Waals surface area contributed by atoms with E-state index in [9.17, 15) is 4.79 Å². The Morgan fingerprint density at radius 2 is 2.22 bits per heavy atom. The number of aryl methyl sites for hydroxylation is 1. The molecule has 0 saturated carbocycles. The second-order valence-electron chi connectivity index (χ2n) is 6.37. The lowest BCUT2D eigenvalue weighted by molar-refractivity contribution is -0.140. The second-order valence-corrected chi connectivity index (χ2v) is 8.66. The van der Waals surface area contributed by atoms with E-state index >= 15 is 0 Å². The Labute approximate surface area is 142 Å². The lowest BCUT2D eigenvalue weighted by atomic mass is 9.90. The van der Waals surface area contributed by atoms with Crippen LogP contribution in [0.5, 0.6) is 0 Å². The molecule has 0 amide bonds. The lowest BCUT2D eigenvalue weighted by Crippen LogP contribution is -2.09. The summed E-state index contributed by atoms with van der Waals surface area (Å²) in [5, 5.41) is 8.44. The van der Waals surface area contributed by atoms with Crippen LogP contribution in [-0.2, 0) is 22.4 Å². The Balaban J connectivity index is 1.51. The number of cyclic esters (lactones) is 1. The summed E-state index contributed by atoms with van der Waals surface area (Å²) in [5.74, 6) is 1.11. The van der Waals surface area contributed by atoms with Crippen LogP contribution in [0.15, 0.2) is 15.7 Å². The number of thiophene rings is 1. The summed E-state index contributed by atoms with van der Waals surface area (Å²) >= 11 is 3.05. The first kappa shape index (κ1) is 15.2. The molecule has 0 aromatic carbocycles. The Hall–Kier alpha value is -1.34. The summed E-state index contributed by atoms with van der Waals surface area (Å²) in [5.41, 5.74) is 1.42. The van der Waals surface area contributed by atoms with E-state index in [1.807, 2.05) is 6.92 Å². The number of fused-ring (bicyclic) bond motifs is 1. The maximum atomic E-state index is 11.7. The van der Waals surface area contributed by atoms with Gasteiger partial charge < -0.3 is 9.15 Å². The highest BCUT2D eigenvalue weighted by molar-refractivity contribution is 8.00. The number of esters is 1. The highest BCUT2D eigenvalue weighted by Gasteiger charge is 2.34. The molecule has 3 heterocycles. The van der Waals surface area contributed by atoms with Crippen molar-refractivity contribution in [2.24, 2.45) is 5.92 Å². The molecule has 1 aliphatic carbocycles. The van der Waals surface area contributed by atoms with Crippen molar-refractivity contribution in [3.8, 4) is 10.8 Å². The van der Waals surface area contributed by atoms with Crippen LogP contribution in [0.1, 0.15) is 37.1 Å². The van der Waals surface area contributed by atoms with Crippen molar-refractivity contribution in [1.29, 1.82) is 0 Å². The first-order valence-corrected chi connectivity index (χ1v) is 9.60. The fourth-order valence-corrected chi connectivity index (χ4v) is 5.21. The van der Waals surface area contributed by atoms with Gasteiger partial charge in [-0.25, -0.2) is 0 Å². The van der Waals surface area contributed by atoms with Crippen molar-refractivity contribution < 1.29 is 13.9 Å². The second kappa shape index (κ2) is 5.94. The standard InChI is InChI=1S/C16H18N2O3S2/c1-8-3-4-11-10(5-8)7-12(22-11)14-17-18-16(21-14)23-13-6-9(2)20-15(13)19/h7-9,13H,3-6H2,1-2H3/t8-,9-,13-/m1/s1. The SMILES string of the molecule is C[C@@H]1CCc2sc(-c3nnc(S[C@@H]4C[C@@H](C)OC4=O)o3)cc2C1. The van der Waals surface area contributed by atoms with Gasteiger partial charge in [-0.2, -0.15) is 0 Å². The number of hydrogen-bond acceptors (Lipinski definition) is 7. The number of hydrogen-bond donors (Lipinski definition) is 0. The quantitative estimate of drug-likeness (QED) is 0.786. The number of ether oxygens (including phenoxy) is 1. The summed E-state index contributed by atoms with van der Waals surface area (Å²) in [6.45, 7) is 4.19. The zero-order valence-electron chi connectivity index (χ0n) is 13.1. The minimum absolute atomic E-state index is 0.0339. The van der Waals surface area contributed by atoms with E-state index < -0.39 is 0 Å². The van der Waals surface area contributed by atoms with E-state index in [1.165, 1.54) is 28.6 Å². The van der Waals surface area contributed by atoms with Crippen molar-refractivity contribution in [3.05, 3.63) is 16.5 Å². The van der Waals surface area contributed by atoms with Crippen LogP contribution >= 0.6 is 23.1 Å². The normalized spacial score (nSPS) is 27.0. The summed E-state index contributed by atoms with van der Waals surface area (Å²) in [6.07, 6.45) is 4.18. The van der Waals surface area contributed by atoms with E-state index in [-0.39, 0.29) is 17.3 Å². The van der Waals surface area contributed by atoms with Gasteiger partial charge in [-0.15, -0.1) is 21.5 Å². The van der Waals surface area contributed by atoms with Crippen LogP contribution < -0.4 is 0 Å². The van der Waals surface area contributed by atoms with Gasteiger partial charge in [0.1, 0.15) is 11.4 Å². The summed E-state index contributed by atoms with van der Waals surface area (Å²) < 4.78 is 10.9. The number of nitrogens with zero attached hydrogens (tertiary/aromatic N) is 2. The number of carbonyl (C=O) groups is 1. The molecule has 2 aromatic rings. The van der Waals surface area contributed by atoms with Crippen LogP contribution in [0.3, 0.4) is 0 Å². The number of rotatable bonds is 3. The minimum Gasteiger partial charge on any atom is -0.462 e. The lowest BCUT2D eigenvalue weighted by Gasteiger charge is -2.16. The third-order valence-corrected chi connectivity index (χ3v) is 6.58. The molecule has 0 spiro atoms. The average molecular weight is 350 g/mol. The topological polar surface area (TPSA) is 65.2 Å². The van der Waals surface area contributed by atoms with Crippen molar-refractivity contribution in [2.75, 3.05) is 0 Å². The molecule has 1 saturated heterocycles. The Kier molecular flexibility index (Phi) is 3.93. The Morgan fingerprint density at radius 3 is 3.00 bits per heavy atom. The van der Waals surface area contributed by atoms with Gasteiger partial charge in [0.25, 0.3) is 11.1 Å². The third-order valence-electron chi connectivity index (χ3n) is 4.32. The number of thioether (sulfide) groups is 1. The van der Waals surface area contributed by atoms with Gasteiger partial charge in [-0.1, -0.05) is 6.92 Å². The monoisotopic (exact) mass is 350 g/mol. The predicted octanol–water partition coefficient (Wildman–Crippen LogP) is 3.72. The molecule has 122 valence electrons. The number of aromatic nitrogens is 2. The summed E-state index contributed by atoms with van der Waals surface area (Å²) in [4.78, 5) is 14.2. The molecule has 23 heavy (non-hydrogen) atoms. The van der Waals surface area contributed by atoms with E-state index in [4.69, 9.17) is 9.15 Å². The first-order chi connectivity index (χ1) is 11.1. The van der Waals surface area contributed by atoms with Gasteiger partial charge in [-0.3, -0.25) is 4.79 Å². The van der Waals surface area contributed by atoms with Crippen molar-refractivity contribution in [1.82, 2.24) is 10.2 Å². The largest absolute Gasteiger partial charge is 0.462 e. The molecule has 0 radical (unpaired) electrons. The number of carbonyl (C=O) groups excluding carboxylic acids is 1. The van der Waals surface area contributed by atoms with Crippen molar-refractivity contribution in [3.63, 3.8) is 0 Å². The molecular formula is C16H18N2O3S2. The first-order valence-electron chi connectivity index (χ1n) is 7.91. The van der Waals surface area contributed by atoms with Gasteiger partial charge in [0.2, 0.25) is 0 Å². The predicted molar refractivity (Wildman–Crippen MR) is 88.6 cm³/mol. The molecule has 4 rings (SSSR count). The van der Waals surface area contributed by atoms with Crippen molar-refractivity contribution in [2.45, 2.75) is 56.1 Å². The maximum Gasteiger partial charge on any atom is 0.320 e. The molecule has 0 unspecified atom stereocenters. The van der Waals surface area contributed by atoms with Crippen LogP contribution in [0.25, 0.3) is 10.8 Å². The fraction of sp³-hybridized carbons (Fsp3) is 0.562. The van der Waals surface area contributed by atoms with E-state index in [2.05, 4.69) is 23.2 Å². The van der Waals surface area contributed by atoms with Crippen LogP contribution in [0, 0.1) is 5.92 Å². The van der Waals surface area contributed by atoms with Gasteiger partial charge in [0, 0.05) is 11.3 Å². The van der Waals surface area contributed by atoms with Gasteiger partial charge in [-0.05, 0) is 55.5 Å². The molecule has 0 N–H and O–H groups in total. The average Bonchev–Trinajstić information content (AvgIpc) is 3.18. The van der Waals surface area contributed by atoms with Crippen LogP contribution in [0.4, 0.5) is 0 Å². The Bertz CT molecular complexity index is 740. The summed E-state index contributed by atoms with van der Waals surface area (Å²) in [7, 11) is 0. The van der Waals surface area contributed by atoms with Gasteiger partial charge in [0.15, 0.2) is 0 Å². The fourth-order valence-electron chi connectivity index (χ4n) is 3.11. The smallest absolute Gasteiger partial charge is 0.320 e. The molecule has 2 aromatic heterocycles. The third kappa shape index (κ3) is 3.04. The highest BCUT2D eigenvalue weighted by Crippen LogP contribution is 2.38. The molecule has 0 bridgehead atoms. The van der Waals surface area contributed by atoms with Crippen LogP contribution in [0.2, 0.25) is 0 Å². The zero-order valence-corrected chi connectivity index (χ0v) is 14.7. The molecule has 1 fully saturated rings. The molecule has 2 aliphatic rings. The van der Waals surface area contributed by atoms with Crippen molar-refractivity contribution >= 4 is 29.1 Å². The van der Waals surface area contributed by atoms with Crippen LogP contribution in [-0.4, -0.2) is 27.5 Å². The molecule has 5 nitrogen and oxygen atoms in total. The van der Waals surface area contributed by atoms with E-state index in [0.717, 1.165) is 23.6 Å². The molecular weight excluding hydrogens is 332 g/mol. The van der Waals surface area contributed by atoms with E-state index in [0.29, 0.717) is 17.5 Å². The molecule has 1 aliphatic heterocycles. The maximum absolute atomic E-state index is 11.7. The van der Waals surface area contributed by atoms with Gasteiger partial charge >= 0.3 is 5.97 Å². The highest BCUT2D eigenvalue weighted by atomic mass is 32.2. The minimum atomic E-state index is -0.240. The van der Waals surface area contributed by atoms with E-state index in [1.54, 1.807) is 11.3 Å². The molecule has 3 atom stereocenters. The van der Waals surface area contributed by atoms with Gasteiger partial charge in [0.05, 0.1) is 4.88 Å². The summed E-state index contributed by atoms with van der Waals surface area (Å²) in [6, 6.07) is 2.18.